The molecule has 0 bridgehead atoms. The number of para-hydroxylation sites is 1. The zero-order valence-corrected chi connectivity index (χ0v) is 10.1. The van der Waals surface area contributed by atoms with Gasteiger partial charge in [-0.1, -0.05) is 12.1 Å². The first kappa shape index (κ1) is 14.1. The fraction of sp³-hybridized carbons (Fsp3) is 0.357. The largest absolute Gasteiger partial charge is 0.489 e. The topological polar surface area (TPSA) is 65.3 Å². The van der Waals surface area contributed by atoms with E-state index in [1.54, 1.807) is 24.3 Å². The molecule has 0 aromatic heterocycles. The number of nitrogens with zero attached hydrogens (tertiary/aromatic N) is 1. The Morgan fingerprint density at radius 1 is 1.44 bits per heavy atom. The molecule has 4 nitrogen and oxygen atoms in total. The number of hydrogen-bond acceptors (Lipinski definition) is 4. The number of benzene rings is 1. The second-order valence-electron chi connectivity index (χ2n) is 3.73. The summed E-state index contributed by atoms with van der Waals surface area (Å²) in [5, 5.41) is 21.5. The Balaban J connectivity index is 2.32. The average molecular weight is 244 g/mol. The summed E-state index contributed by atoms with van der Waals surface area (Å²) < 4.78 is 5.39. The molecule has 18 heavy (non-hydrogen) atoms. The van der Waals surface area contributed by atoms with Gasteiger partial charge in [-0.15, -0.1) is 12.3 Å². The van der Waals surface area contributed by atoms with Crippen LogP contribution in [0.15, 0.2) is 24.3 Å². The Hall–Kier alpha value is -2.01. The number of ether oxygens (including phenoxy) is 1. The lowest BCUT2D eigenvalue weighted by atomic mass is 10.2. The van der Waals surface area contributed by atoms with Gasteiger partial charge in [-0.25, -0.2) is 0 Å². The van der Waals surface area contributed by atoms with Gasteiger partial charge in [0.2, 0.25) is 0 Å². The van der Waals surface area contributed by atoms with Crippen LogP contribution in [0, 0.1) is 23.7 Å². The number of aliphatic hydroxyl groups is 1. The summed E-state index contributed by atoms with van der Waals surface area (Å²) in [4.78, 5) is 0. The maximum absolute atomic E-state index is 9.65. The molecule has 1 aromatic rings. The molecule has 0 saturated carbocycles. The van der Waals surface area contributed by atoms with Crippen LogP contribution < -0.4 is 10.1 Å². The molecule has 1 atom stereocenters. The SMILES string of the molecule is C#CCCNCC(O)COc1ccccc1C#N. The summed E-state index contributed by atoms with van der Waals surface area (Å²) in [5.74, 6) is 2.99. The third kappa shape index (κ3) is 4.88. The number of nitrogens with one attached hydrogen (secondary N) is 1. The molecule has 94 valence electrons. The van der Waals surface area contributed by atoms with Crippen molar-refractivity contribution in [1.82, 2.24) is 5.32 Å². The lowest BCUT2D eigenvalue weighted by Gasteiger charge is -2.13. The van der Waals surface area contributed by atoms with Crippen molar-refractivity contribution in [2.45, 2.75) is 12.5 Å². The van der Waals surface area contributed by atoms with Crippen molar-refractivity contribution in [3.05, 3.63) is 29.8 Å². The molecular weight excluding hydrogens is 228 g/mol. The van der Waals surface area contributed by atoms with Crippen LogP contribution in [0.2, 0.25) is 0 Å². The minimum absolute atomic E-state index is 0.141. The van der Waals surface area contributed by atoms with Crippen LogP contribution in [-0.4, -0.2) is 30.9 Å². The molecule has 0 heterocycles. The number of aliphatic hydroxyl groups excluding tert-OH is 1. The normalized spacial score (nSPS) is 11.3. The van der Waals surface area contributed by atoms with Gasteiger partial charge in [0.25, 0.3) is 0 Å². The molecule has 0 amide bonds. The van der Waals surface area contributed by atoms with Crippen molar-refractivity contribution in [2.75, 3.05) is 19.7 Å². The molecule has 0 saturated heterocycles. The van der Waals surface area contributed by atoms with E-state index >= 15 is 0 Å². The standard InChI is InChI=1S/C14H16N2O2/c1-2-3-8-16-10-13(17)11-18-14-7-5-4-6-12(14)9-15/h1,4-7,13,16-17H,3,8,10-11H2. The molecule has 0 fully saturated rings. The molecular formula is C14H16N2O2. The van der Waals surface area contributed by atoms with Crippen molar-refractivity contribution in [2.24, 2.45) is 0 Å². The summed E-state index contributed by atoms with van der Waals surface area (Å²) in [5.41, 5.74) is 0.463. The fourth-order valence-electron chi connectivity index (χ4n) is 1.36. The van der Waals surface area contributed by atoms with Crippen LogP contribution in [-0.2, 0) is 0 Å². The molecule has 0 spiro atoms. The smallest absolute Gasteiger partial charge is 0.137 e. The molecule has 2 N–H and O–H groups in total. The van der Waals surface area contributed by atoms with Crippen LogP contribution in [0.4, 0.5) is 0 Å². The van der Waals surface area contributed by atoms with Crippen molar-refractivity contribution in [1.29, 1.82) is 5.26 Å². The first-order chi connectivity index (χ1) is 8.77. The van der Waals surface area contributed by atoms with E-state index in [9.17, 15) is 5.11 Å². The zero-order chi connectivity index (χ0) is 13.2. The fourth-order valence-corrected chi connectivity index (χ4v) is 1.36. The van der Waals surface area contributed by atoms with E-state index < -0.39 is 6.10 Å². The highest BCUT2D eigenvalue weighted by Gasteiger charge is 2.07. The van der Waals surface area contributed by atoms with Crippen molar-refractivity contribution in [3.8, 4) is 24.2 Å². The van der Waals surface area contributed by atoms with Crippen molar-refractivity contribution in [3.63, 3.8) is 0 Å². The van der Waals surface area contributed by atoms with Crippen LogP contribution in [0.3, 0.4) is 0 Å². The van der Waals surface area contributed by atoms with Gasteiger partial charge in [-0.2, -0.15) is 5.26 Å². The number of rotatable bonds is 7. The molecule has 1 aromatic carbocycles. The van der Waals surface area contributed by atoms with Gasteiger partial charge >= 0.3 is 0 Å². The summed E-state index contributed by atoms with van der Waals surface area (Å²) >= 11 is 0. The Bertz CT molecular complexity index is 446. The van der Waals surface area contributed by atoms with E-state index in [-0.39, 0.29) is 6.61 Å². The predicted octanol–water partition coefficient (Wildman–Crippen LogP) is 0.911. The summed E-state index contributed by atoms with van der Waals surface area (Å²) in [6.07, 6.45) is 5.10. The maximum Gasteiger partial charge on any atom is 0.137 e. The van der Waals surface area contributed by atoms with Crippen molar-refractivity contribution >= 4 is 0 Å². The zero-order valence-electron chi connectivity index (χ0n) is 10.1. The molecule has 4 heteroatoms. The quantitative estimate of drug-likeness (QED) is 0.553. The van der Waals surface area contributed by atoms with Gasteiger partial charge < -0.3 is 15.2 Å². The Kier molecular flexibility index (Phi) is 6.35. The molecule has 1 rings (SSSR count). The Morgan fingerprint density at radius 2 is 2.22 bits per heavy atom. The van der Waals surface area contributed by atoms with Crippen molar-refractivity contribution < 1.29 is 9.84 Å². The van der Waals surface area contributed by atoms with Crippen LogP contribution in [0.1, 0.15) is 12.0 Å². The van der Waals surface area contributed by atoms with E-state index in [0.717, 1.165) is 0 Å². The third-order valence-corrected chi connectivity index (χ3v) is 2.26. The molecule has 0 aliphatic rings. The minimum Gasteiger partial charge on any atom is -0.489 e. The first-order valence-electron chi connectivity index (χ1n) is 5.72. The van der Waals surface area contributed by atoms with Gasteiger partial charge in [-0.05, 0) is 12.1 Å². The van der Waals surface area contributed by atoms with E-state index in [0.29, 0.717) is 30.8 Å². The van der Waals surface area contributed by atoms with Gasteiger partial charge in [-0.3, -0.25) is 0 Å². The van der Waals surface area contributed by atoms with Gasteiger partial charge in [0, 0.05) is 19.5 Å². The Morgan fingerprint density at radius 3 is 2.94 bits per heavy atom. The molecule has 0 aliphatic carbocycles. The molecule has 0 radical (unpaired) electrons. The second-order valence-corrected chi connectivity index (χ2v) is 3.73. The first-order valence-corrected chi connectivity index (χ1v) is 5.72. The predicted molar refractivity (Wildman–Crippen MR) is 69.0 cm³/mol. The highest BCUT2D eigenvalue weighted by atomic mass is 16.5. The van der Waals surface area contributed by atoms with Crippen LogP contribution >= 0.6 is 0 Å². The highest BCUT2D eigenvalue weighted by molar-refractivity contribution is 5.42. The lowest BCUT2D eigenvalue weighted by Crippen LogP contribution is -2.32. The van der Waals surface area contributed by atoms with Gasteiger partial charge in [0.05, 0.1) is 5.56 Å². The van der Waals surface area contributed by atoms with E-state index in [4.69, 9.17) is 16.4 Å². The monoisotopic (exact) mass is 244 g/mol. The summed E-state index contributed by atoms with van der Waals surface area (Å²) in [6, 6.07) is 8.97. The van der Waals surface area contributed by atoms with E-state index in [2.05, 4.69) is 11.2 Å². The van der Waals surface area contributed by atoms with Crippen LogP contribution in [0.25, 0.3) is 0 Å². The maximum atomic E-state index is 9.65. The average Bonchev–Trinajstić information content (AvgIpc) is 2.41. The van der Waals surface area contributed by atoms with E-state index in [1.165, 1.54) is 0 Å². The second kappa shape index (κ2) is 8.14. The van der Waals surface area contributed by atoms with Gasteiger partial charge in [0.1, 0.15) is 24.5 Å². The third-order valence-electron chi connectivity index (χ3n) is 2.26. The highest BCUT2D eigenvalue weighted by Crippen LogP contribution is 2.16. The Labute approximate surface area is 107 Å². The molecule has 1 unspecified atom stereocenters. The summed E-state index contributed by atoms with van der Waals surface area (Å²) in [6.45, 7) is 1.22. The van der Waals surface area contributed by atoms with E-state index in [1.807, 2.05) is 6.07 Å². The van der Waals surface area contributed by atoms with Crippen LogP contribution in [0.5, 0.6) is 5.75 Å². The molecule has 0 aliphatic heterocycles. The number of terminal acetylenes is 1. The lowest BCUT2D eigenvalue weighted by molar-refractivity contribution is 0.106. The minimum atomic E-state index is -0.630. The number of nitriles is 1. The van der Waals surface area contributed by atoms with Gasteiger partial charge in [0.15, 0.2) is 0 Å². The number of hydrogen-bond donors (Lipinski definition) is 2. The summed E-state index contributed by atoms with van der Waals surface area (Å²) in [7, 11) is 0.